The fraction of sp³-hybridized carbons (Fsp3) is 0.571. The largest absolute Gasteiger partial charge is 0.328 e. The summed E-state index contributed by atoms with van der Waals surface area (Å²) in [5.74, 6) is 0.260. The first-order valence-electron chi connectivity index (χ1n) is 6.12. The highest BCUT2D eigenvalue weighted by atomic mass is 19.1. The molecule has 0 aliphatic carbocycles. The summed E-state index contributed by atoms with van der Waals surface area (Å²) in [5, 5.41) is 0. The summed E-state index contributed by atoms with van der Waals surface area (Å²) in [6.07, 6.45) is 2.71. The Kier molecular flexibility index (Phi) is 4.94. The van der Waals surface area contributed by atoms with Crippen LogP contribution in [0, 0.1) is 5.82 Å². The van der Waals surface area contributed by atoms with Crippen LogP contribution in [0.2, 0.25) is 0 Å². The van der Waals surface area contributed by atoms with E-state index in [-0.39, 0.29) is 11.9 Å². The highest BCUT2D eigenvalue weighted by molar-refractivity contribution is 5.27. The van der Waals surface area contributed by atoms with Gasteiger partial charge in [-0.05, 0) is 49.3 Å². The summed E-state index contributed by atoms with van der Waals surface area (Å²) < 4.78 is 13.9. The first kappa shape index (κ1) is 13.2. The molecule has 0 aliphatic heterocycles. The van der Waals surface area contributed by atoms with E-state index in [1.807, 2.05) is 19.1 Å². The molecule has 90 valence electrons. The fourth-order valence-electron chi connectivity index (χ4n) is 2.13. The minimum absolute atomic E-state index is 0.0770. The molecule has 1 atom stereocenters. The van der Waals surface area contributed by atoms with E-state index in [4.69, 9.17) is 5.73 Å². The standard InChI is InChI=1S/C14H22FN/c1-4-12(5-2)13-7-6-11(8-10(3)16)9-14(13)15/h6-7,9-10,12H,4-5,8,16H2,1-3H3. The molecule has 0 aromatic heterocycles. The van der Waals surface area contributed by atoms with Crippen molar-refractivity contribution in [3.8, 4) is 0 Å². The fourth-order valence-corrected chi connectivity index (χ4v) is 2.13. The van der Waals surface area contributed by atoms with Gasteiger partial charge in [0.25, 0.3) is 0 Å². The van der Waals surface area contributed by atoms with E-state index in [0.29, 0.717) is 5.92 Å². The van der Waals surface area contributed by atoms with Gasteiger partial charge in [0.2, 0.25) is 0 Å². The zero-order valence-corrected chi connectivity index (χ0v) is 10.5. The van der Waals surface area contributed by atoms with Crippen molar-refractivity contribution in [2.75, 3.05) is 0 Å². The number of benzene rings is 1. The molecule has 0 saturated carbocycles. The molecular weight excluding hydrogens is 201 g/mol. The molecule has 0 radical (unpaired) electrons. The van der Waals surface area contributed by atoms with Crippen molar-refractivity contribution in [1.82, 2.24) is 0 Å². The molecule has 0 saturated heterocycles. The summed E-state index contributed by atoms with van der Waals surface area (Å²) in [6, 6.07) is 5.64. The Labute approximate surface area is 97.9 Å². The van der Waals surface area contributed by atoms with Crippen LogP contribution in [-0.4, -0.2) is 6.04 Å². The van der Waals surface area contributed by atoms with E-state index < -0.39 is 0 Å². The summed E-state index contributed by atoms with van der Waals surface area (Å²) >= 11 is 0. The van der Waals surface area contributed by atoms with Crippen molar-refractivity contribution in [3.63, 3.8) is 0 Å². The Balaban J connectivity index is 2.90. The highest BCUT2D eigenvalue weighted by Gasteiger charge is 2.12. The molecule has 2 N–H and O–H groups in total. The van der Waals surface area contributed by atoms with E-state index in [1.165, 1.54) is 0 Å². The normalized spacial score (nSPS) is 13.1. The highest BCUT2D eigenvalue weighted by Crippen LogP contribution is 2.26. The molecule has 1 nitrogen and oxygen atoms in total. The van der Waals surface area contributed by atoms with Crippen LogP contribution >= 0.6 is 0 Å². The van der Waals surface area contributed by atoms with Gasteiger partial charge >= 0.3 is 0 Å². The first-order valence-corrected chi connectivity index (χ1v) is 6.12. The van der Waals surface area contributed by atoms with Crippen LogP contribution in [0.15, 0.2) is 18.2 Å². The lowest BCUT2D eigenvalue weighted by atomic mass is 9.92. The Morgan fingerprint density at radius 2 is 1.88 bits per heavy atom. The van der Waals surface area contributed by atoms with Gasteiger partial charge in [0.15, 0.2) is 0 Å². The van der Waals surface area contributed by atoms with Crippen molar-refractivity contribution >= 4 is 0 Å². The summed E-state index contributed by atoms with van der Waals surface area (Å²) in [5.41, 5.74) is 7.54. The lowest BCUT2D eigenvalue weighted by molar-refractivity contribution is 0.556. The van der Waals surface area contributed by atoms with Gasteiger partial charge in [-0.3, -0.25) is 0 Å². The monoisotopic (exact) mass is 223 g/mol. The Hall–Kier alpha value is -0.890. The Morgan fingerprint density at radius 3 is 2.31 bits per heavy atom. The van der Waals surface area contributed by atoms with Crippen LogP contribution < -0.4 is 5.73 Å². The average Bonchev–Trinajstić information content (AvgIpc) is 2.21. The van der Waals surface area contributed by atoms with Gasteiger partial charge in [0.1, 0.15) is 5.82 Å². The van der Waals surface area contributed by atoms with Crippen molar-refractivity contribution in [2.24, 2.45) is 5.73 Å². The smallest absolute Gasteiger partial charge is 0.126 e. The lowest BCUT2D eigenvalue weighted by Gasteiger charge is -2.15. The van der Waals surface area contributed by atoms with Crippen molar-refractivity contribution in [3.05, 3.63) is 35.1 Å². The van der Waals surface area contributed by atoms with Gasteiger partial charge < -0.3 is 5.73 Å². The maximum Gasteiger partial charge on any atom is 0.126 e. The molecule has 1 rings (SSSR count). The third-order valence-electron chi connectivity index (χ3n) is 3.05. The molecule has 0 amide bonds. The molecule has 0 heterocycles. The predicted molar refractivity (Wildman–Crippen MR) is 67.1 cm³/mol. The van der Waals surface area contributed by atoms with E-state index in [9.17, 15) is 4.39 Å². The second-order valence-electron chi connectivity index (χ2n) is 4.55. The van der Waals surface area contributed by atoms with Crippen LogP contribution in [0.1, 0.15) is 50.7 Å². The Bertz CT molecular complexity index is 330. The number of nitrogens with two attached hydrogens (primary N) is 1. The minimum Gasteiger partial charge on any atom is -0.328 e. The average molecular weight is 223 g/mol. The van der Waals surface area contributed by atoms with Crippen LogP contribution in [0.5, 0.6) is 0 Å². The lowest BCUT2D eigenvalue weighted by Crippen LogP contribution is -2.18. The molecule has 1 aromatic rings. The van der Waals surface area contributed by atoms with Crippen molar-refractivity contribution < 1.29 is 4.39 Å². The zero-order chi connectivity index (χ0) is 12.1. The molecule has 2 heteroatoms. The van der Waals surface area contributed by atoms with E-state index in [2.05, 4.69) is 13.8 Å². The Morgan fingerprint density at radius 1 is 1.25 bits per heavy atom. The van der Waals surface area contributed by atoms with Crippen LogP contribution in [0.25, 0.3) is 0 Å². The molecule has 0 fully saturated rings. The van der Waals surface area contributed by atoms with Crippen LogP contribution in [0.4, 0.5) is 4.39 Å². The molecule has 0 spiro atoms. The van der Waals surface area contributed by atoms with Gasteiger partial charge in [-0.15, -0.1) is 0 Å². The summed E-state index contributed by atoms with van der Waals surface area (Å²) in [4.78, 5) is 0. The summed E-state index contributed by atoms with van der Waals surface area (Å²) in [7, 11) is 0. The van der Waals surface area contributed by atoms with E-state index in [0.717, 1.165) is 30.4 Å². The number of rotatable bonds is 5. The van der Waals surface area contributed by atoms with Gasteiger partial charge in [0, 0.05) is 6.04 Å². The van der Waals surface area contributed by atoms with Gasteiger partial charge in [-0.1, -0.05) is 26.0 Å². The zero-order valence-electron chi connectivity index (χ0n) is 10.5. The maximum atomic E-state index is 13.9. The van der Waals surface area contributed by atoms with Crippen LogP contribution in [-0.2, 0) is 6.42 Å². The third-order valence-corrected chi connectivity index (χ3v) is 3.05. The van der Waals surface area contributed by atoms with Gasteiger partial charge in [0.05, 0.1) is 0 Å². The maximum absolute atomic E-state index is 13.9. The summed E-state index contributed by atoms with van der Waals surface area (Å²) in [6.45, 7) is 6.14. The second-order valence-corrected chi connectivity index (χ2v) is 4.55. The quantitative estimate of drug-likeness (QED) is 0.810. The first-order chi connectivity index (χ1) is 7.58. The number of hydrogen-bond acceptors (Lipinski definition) is 1. The molecule has 0 bridgehead atoms. The molecular formula is C14H22FN. The van der Waals surface area contributed by atoms with E-state index >= 15 is 0 Å². The van der Waals surface area contributed by atoms with E-state index in [1.54, 1.807) is 6.07 Å². The van der Waals surface area contributed by atoms with Gasteiger partial charge in [-0.2, -0.15) is 0 Å². The topological polar surface area (TPSA) is 26.0 Å². The second kappa shape index (κ2) is 6.00. The predicted octanol–water partition coefficient (Wildman–Crippen LogP) is 3.62. The molecule has 0 aliphatic rings. The number of halogens is 1. The molecule has 16 heavy (non-hydrogen) atoms. The SMILES string of the molecule is CCC(CC)c1ccc(CC(C)N)cc1F. The van der Waals surface area contributed by atoms with Crippen molar-refractivity contribution in [1.29, 1.82) is 0 Å². The minimum atomic E-state index is -0.0770. The third kappa shape index (κ3) is 3.31. The number of hydrogen-bond donors (Lipinski definition) is 1. The van der Waals surface area contributed by atoms with Gasteiger partial charge in [-0.25, -0.2) is 4.39 Å². The van der Waals surface area contributed by atoms with Crippen LogP contribution in [0.3, 0.4) is 0 Å². The van der Waals surface area contributed by atoms with Crippen molar-refractivity contribution in [2.45, 2.75) is 52.0 Å². The molecule has 1 unspecified atom stereocenters. The molecule has 1 aromatic carbocycles.